The number of hydrogen-bond donors (Lipinski definition) is 1. The molecule has 0 bridgehead atoms. The Labute approximate surface area is 106 Å². The van der Waals surface area contributed by atoms with Crippen molar-refractivity contribution in [3.05, 3.63) is 29.3 Å². The van der Waals surface area contributed by atoms with Gasteiger partial charge in [-0.05, 0) is 13.8 Å². The van der Waals surface area contributed by atoms with E-state index in [9.17, 15) is 9.90 Å². The number of benzene rings is 1. The Hall–Kier alpha value is -1.55. The zero-order valence-electron chi connectivity index (χ0n) is 10.4. The fourth-order valence-electron chi connectivity index (χ4n) is 2.76. The average Bonchev–Trinajstić information content (AvgIpc) is 2.92. The smallest absolute Gasteiger partial charge is 0.313 e. The van der Waals surface area contributed by atoms with Gasteiger partial charge < -0.3 is 14.6 Å². The fraction of sp³-hybridized carbons (Fsp3) is 0.500. The minimum absolute atomic E-state index is 0.0982. The molecular weight excluding hydrogens is 232 g/mol. The number of fused-ring (bicyclic) bond motifs is 3. The van der Waals surface area contributed by atoms with Gasteiger partial charge in [0, 0.05) is 17.0 Å². The number of aliphatic hydroxyl groups excluding tert-OH is 1. The second kappa shape index (κ2) is 3.99. The molecule has 3 rings (SSSR count). The van der Waals surface area contributed by atoms with Gasteiger partial charge >= 0.3 is 5.97 Å². The van der Waals surface area contributed by atoms with Crippen molar-refractivity contribution in [2.45, 2.75) is 32.0 Å². The normalized spacial score (nSPS) is 28.9. The van der Waals surface area contributed by atoms with Gasteiger partial charge in [0.2, 0.25) is 0 Å². The van der Waals surface area contributed by atoms with Gasteiger partial charge in [0.1, 0.15) is 17.8 Å². The molecule has 0 amide bonds. The lowest BCUT2D eigenvalue weighted by atomic mass is 10.0. The van der Waals surface area contributed by atoms with Crippen molar-refractivity contribution in [2.24, 2.45) is 5.92 Å². The molecule has 1 aliphatic heterocycles. The lowest BCUT2D eigenvalue weighted by Crippen LogP contribution is -2.14. The second-order valence-electron chi connectivity index (χ2n) is 4.83. The van der Waals surface area contributed by atoms with E-state index < -0.39 is 6.10 Å². The van der Waals surface area contributed by atoms with Crippen LogP contribution in [0.5, 0.6) is 5.75 Å². The molecule has 0 radical (unpaired) electrons. The molecule has 2 aliphatic rings. The van der Waals surface area contributed by atoms with E-state index in [1.54, 1.807) is 13.8 Å². The van der Waals surface area contributed by atoms with Gasteiger partial charge in [0.05, 0.1) is 12.7 Å². The molecule has 96 valence electrons. The first-order valence-electron chi connectivity index (χ1n) is 6.29. The predicted octanol–water partition coefficient (Wildman–Crippen LogP) is 1.78. The van der Waals surface area contributed by atoms with Gasteiger partial charge in [-0.2, -0.15) is 0 Å². The van der Waals surface area contributed by atoms with E-state index in [2.05, 4.69) is 0 Å². The number of hydrogen-bond acceptors (Lipinski definition) is 4. The first-order valence-corrected chi connectivity index (χ1v) is 6.29. The minimum Gasteiger partial charge on any atom is -0.488 e. The van der Waals surface area contributed by atoms with E-state index in [4.69, 9.17) is 9.47 Å². The van der Waals surface area contributed by atoms with Gasteiger partial charge in [-0.3, -0.25) is 4.79 Å². The number of esters is 1. The SMILES string of the molecule is CCOC(=O)[C@H]1[C@@H]2Oc3c(cccc3[C@@H](C)O)[C@@H]21. The van der Waals surface area contributed by atoms with Crippen molar-refractivity contribution in [2.75, 3.05) is 6.61 Å². The molecule has 1 aliphatic carbocycles. The molecule has 0 aromatic heterocycles. The Morgan fingerprint density at radius 2 is 2.33 bits per heavy atom. The van der Waals surface area contributed by atoms with Gasteiger partial charge in [-0.25, -0.2) is 0 Å². The van der Waals surface area contributed by atoms with E-state index >= 15 is 0 Å². The first kappa shape index (κ1) is 11.5. The van der Waals surface area contributed by atoms with E-state index in [0.29, 0.717) is 6.61 Å². The molecule has 1 heterocycles. The standard InChI is InChI=1S/C14H16O4/c1-3-17-14(16)11-10-9-6-4-5-8(7(2)15)12(9)18-13(10)11/h4-7,10-11,13,15H,3H2,1-2H3/t7-,10-,11-,13-/m1/s1. The molecule has 1 fully saturated rings. The van der Waals surface area contributed by atoms with E-state index in [1.807, 2.05) is 18.2 Å². The van der Waals surface area contributed by atoms with Crippen molar-refractivity contribution < 1.29 is 19.4 Å². The van der Waals surface area contributed by atoms with Crippen LogP contribution >= 0.6 is 0 Å². The second-order valence-corrected chi connectivity index (χ2v) is 4.83. The number of carbonyl (C=O) groups excluding carboxylic acids is 1. The summed E-state index contributed by atoms with van der Waals surface area (Å²) >= 11 is 0. The third kappa shape index (κ3) is 1.52. The van der Waals surface area contributed by atoms with Crippen LogP contribution in [0.4, 0.5) is 0 Å². The molecule has 0 spiro atoms. The number of aliphatic hydroxyl groups is 1. The zero-order chi connectivity index (χ0) is 12.9. The predicted molar refractivity (Wildman–Crippen MR) is 64.4 cm³/mol. The number of rotatable bonds is 3. The highest BCUT2D eigenvalue weighted by Gasteiger charge is 2.63. The minimum atomic E-state index is -0.557. The van der Waals surface area contributed by atoms with Gasteiger partial charge in [0.15, 0.2) is 0 Å². The molecule has 18 heavy (non-hydrogen) atoms. The molecule has 1 N–H and O–H groups in total. The third-order valence-corrected chi connectivity index (χ3v) is 3.65. The van der Waals surface area contributed by atoms with Gasteiger partial charge in [-0.1, -0.05) is 18.2 Å². The Morgan fingerprint density at radius 1 is 1.56 bits per heavy atom. The summed E-state index contributed by atoms with van der Waals surface area (Å²) < 4.78 is 10.8. The molecule has 1 aromatic rings. The molecule has 4 atom stereocenters. The third-order valence-electron chi connectivity index (χ3n) is 3.65. The zero-order valence-corrected chi connectivity index (χ0v) is 10.4. The summed E-state index contributed by atoms with van der Waals surface area (Å²) in [5, 5.41) is 9.68. The number of carbonyl (C=O) groups is 1. The van der Waals surface area contributed by atoms with Crippen molar-refractivity contribution in [3.8, 4) is 5.75 Å². The molecule has 4 heteroatoms. The van der Waals surface area contributed by atoms with E-state index in [0.717, 1.165) is 16.9 Å². The van der Waals surface area contributed by atoms with E-state index in [1.165, 1.54) is 0 Å². The summed E-state index contributed by atoms with van der Waals surface area (Å²) in [5.41, 5.74) is 1.82. The van der Waals surface area contributed by atoms with E-state index in [-0.39, 0.29) is 23.9 Å². The summed E-state index contributed by atoms with van der Waals surface area (Å²) in [6.07, 6.45) is -0.655. The quantitative estimate of drug-likeness (QED) is 0.828. The van der Waals surface area contributed by atoms with Crippen LogP contribution in [-0.4, -0.2) is 23.8 Å². The summed E-state index contributed by atoms with van der Waals surface area (Å²) in [6.45, 7) is 3.91. The first-order chi connectivity index (χ1) is 8.65. The highest BCUT2D eigenvalue weighted by atomic mass is 16.5. The molecule has 1 aromatic carbocycles. The molecule has 0 saturated heterocycles. The highest BCUT2D eigenvalue weighted by Crippen LogP contribution is 2.59. The number of ether oxygens (including phenoxy) is 2. The maximum absolute atomic E-state index is 11.7. The van der Waals surface area contributed by atoms with Crippen LogP contribution in [0.25, 0.3) is 0 Å². The van der Waals surface area contributed by atoms with Crippen molar-refractivity contribution in [3.63, 3.8) is 0 Å². The fourth-order valence-corrected chi connectivity index (χ4v) is 2.76. The summed E-state index contributed by atoms with van der Waals surface area (Å²) in [7, 11) is 0. The van der Waals surface area contributed by atoms with Crippen LogP contribution in [0, 0.1) is 5.92 Å². The Morgan fingerprint density at radius 3 is 3.00 bits per heavy atom. The van der Waals surface area contributed by atoms with Crippen molar-refractivity contribution >= 4 is 5.97 Å². The van der Waals surface area contributed by atoms with Crippen LogP contribution in [0.1, 0.15) is 37.0 Å². The monoisotopic (exact) mass is 248 g/mol. The molecule has 0 unspecified atom stereocenters. The maximum atomic E-state index is 11.7. The lowest BCUT2D eigenvalue weighted by molar-refractivity contribution is -0.145. The molecule has 1 saturated carbocycles. The van der Waals surface area contributed by atoms with Crippen LogP contribution in [0.3, 0.4) is 0 Å². The molecular formula is C14H16O4. The molecule has 4 nitrogen and oxygen atoms in total. The highest BCUT2D eigenvalue weighted by molar-refractivity contribution is 5.81. The van der Waals surface area contributed by atoms with Crippen molar-refractivity contribution in [1.82, 2.24) is 0 Å². The van der Waals surface area contributed by atoms with Gasteiger partial charge in [-0.15, -0.1) is 0 Å². The summed E-state index contributed by atoms with van der Waals surface area (Å²) in [5.74, 6) is 0.517. The van der Waals surface area contributed by atoms with Crippen LogP contribution in [0.15, 0.2) is 18.2 Å². The largest absolute Gasteiger partial charge is 0.488 e. The Bertz CT molecular complexity index is 495. The topological polar surface area (TPSA) is 55.8 Å². The van der Waals surface area contributed by atoms with Crippen LogP contribution in [0.2, 0.25) is 0 Å². The lowest BCUT2D eigenvalue weighted by Gasteiger charge is -2.14. The maximum Gasteiger partial charge on any atom is 0.313 e. The van der Waals surface area contributed by atoms with Gasteiger partial charge in [0.25, 0.3) is 0 Å². The summed E-state index contributed by atoms with van der Waals surface area (Å²) in [6, 6.07) is 5.71. The van der Waals surface area contributed by atoms with Crippen molar-refractivity contribution in [1.29, 1.82) is 0 Å². The summed E-state index contributed by atoms with van der Waals surface area (Å²) in [4.78, 5) is 11.7. The van der Waals surface area contributed by atoms with Crippen LogP contribution in [-0.2, 0) is 9.53 Å². The van der Waals surface area contributed by atoms with Crippen LogP contribution < -0.4 is 4.74 Å². The number of para-hydroxylation sites is 1. The Balaban J connectivity index is 1.86. The Kier molecular flexibility index (Phi) is 2.55. The average molecular weight is 248 g/mol.